The number of H-pyrrole nitrogens is 1. The quantitative estimate of drug-likeness (QED) is 0.599. The van der Waals surface area contributed by atoms with Crippen LogP contribution >= 0.6 is 11.8 Å². The van der Waals surface area contributed by atoms with Gasteiger partial charge in [-0.3, -0.25) is 14.9 Å². The molecule has 1 amide bonds. The van der Waals surface area contributed by atoms with Gasteiger partial charge in [0.25, 0.3) is 5.91 Å². The van der Waals surface area contributed by atoms with Gasteiger partial charge in [-0.1, -0.05) is 30.0 Å². The first-order chi connectivity index (χ1) is 14.8. The van der Waals surface area contributed by atoms with Crippen LogP contribution in [0.4, 0.5) is 0 Å². The fourth-order valence-corrected chi connectivity index (χ4v) is 4.57. The number of aromatic amines is 1. The van der Waals surface area contributed by atoms with Gasteiger partial charge in [0.2, 0.25) is 0 Å². The van der Waals surface area contributed by atoms with Crippen LogP contribution in [0.2, 0.25) is 0 Å². The lowest BCUT2D eigenvalue weighted by Gasteiger charge is -2.15. The second-order valence-electron chi connectivity index (χ2n) is 7.55. The zero-order chi connectivity index (χ0) is 20.3. The van der Waals surface area contributed by atoms with Crippen LogP contribution in [0.3, 0.4) is 0 Å². The van der Waals surface area contributed by atoms with Gasteiger partial charge in [0.15, 0.2) is 0 Å². The number of pyridine rings is 1. The van der Waals surface area contributed by atoms with Gasteiger partial charge in [-0.05, 0) is 73.1 Å². The zero-order valence-electron chi connectivity index (χ0n) is 16.5. The first-order valence-corrected chi connectivity index (χ1v) is 11.0. The molecule has 1 fully saturated rings. The number of nitrogens with zero attached hydrogens (tertiary/aromatic N) is 2. The molecule has 0 radical (unpaired) electrons. The summed E-state index contributed by atoms with van der Waals surface area (Å²) >= 11 is 1.67. The molecule has 0 saturated heterocycles. The number of hydrogen-bond acceptors (Lipinski definition) is 4. The number of carbonyl (C=O) groups is 1. The first-order valence-electron chi connectivity index (χ1n) is 10.2. The molecule has 0 aliphatic heterocycles. The second-order valence-corrected chi connectivity index (χ2v) is 8.71. The van der Waals surface area contributed by atoms with E-state index in [1.807, 2.05) is 54.6 Å². The maximum Gasteiger partial charge on any atom is 0.252 e. The van der Waals surface area contributed by atoms with Crippen molar-refractivity contribution in [1.82, 2.24) is 20.5 Å². The Morgan fingerprint density at radius 1 is 1.10 bits per heavy atom. The average Bonchev–Trinajstić information content (AvgIpc) is 3.50. The Bertz CT molecular complexity index is 1130. The molecule has 3 aromatic rings. The van der Waals surface area contributed by atoms with Gasteiger partial charge in [0.05, 0.1) is 22.6 Å². The van der Waals surface area contributed by atoms with Crippen molar-refractivity contribution in [2.45, 2.75) is 36.6 Å². The lowest BCUT2D eigenvalue weighted by molar-refractivity contribution is 0.0948. The number of carbonyl (C=O) groups excluding carboxylic acids is 1. The number of amides is 1. The monoisotopic (exact) mass is 414 g/mol. The van der Waals surface area contributed by atoms with E-state index < -0.39 is 0 Å². The molecule has 5 nitrogen and oxygen atoms in total. The van der Waals surface area contributed by atoms with Gasteiger partial charge in [0, 0.05) is 22.7 Å². The number of fused-ring (bicyclic) bond motifs is 1. The third-order valence-electron chi connectivity index (χ3n) is 5.24. The minimum atomic E-state index is 0.0289. The van der Waals surface area contributed by atoms with Crippen molar-refractivity contribution < 1.29 is 4.79 Å². The van der Waals surface area contributed by atoms with Crippen LogP contribution in [0.1, 0.15) is 52.3 Å². The van der Waals surface area contributed by atoms with E-state index in [0.717, 1.165) is 53.2 Å². The predicted molar refractivity (Wildman–Crippen MR) is 121 cm³/mol. The summed E-state index contributed by atoms with van der Waals surface area (Å²) in [7, 11) is 0. The fourth-order valence-electron chi connectivity index (χ4n) is 3.49. The van der Waals surface area contributed by atoms with Crippen LogP contribution in [-0.4, -0.2) is 27.1 Å². The largest absolute Gasteiger partial charge is 0.349 e. The highest BCUT2D eigenvalue weighted by molar-refractivity contribution is 8.03. The number of allylic oxidation sites excluding steroid dienone is 1. The summed E-state index contributed by atoms with van der Waals surface area (Å²) < 4.78 is 0. The molecule has 1 saturated carbocycles. The molecular formula is C24H22N4OS. The molecule has 2 aliphatic carbocycles. The standard InChI is InChI=1S/C24H22N4OS/c29-24(26-17-8-9-17)20-6-1-2-7-23(20)30-18-11-12-19-21(27-28-22(19)15-18)13-10-16-5-3-4-14-25-16/h1-7,10,13-15,17H,8-9,11-12H2,(H,26,29)(H,27,28)/b13-10+. The van der Waals surface area contributed by atoms with Crippen molar-refractivity contribution in [3.05, 3.63) is 81.8 Å². The summed E-state index contributed by atoms with van der Waals surface area (Å²) in [5.74, 6) is 0.0289. The Morgan fingerprint density at radius 3 is 2.80 bits per heavy atom. The Hall–Kier alpha value is -3.12. The lowest BCUT2D eigenvalue weighted by Crippen LogP contribution is -2.25. The SMILES string of the molecule is O=C(NC1CC1)c1ccccc1SC1=Cc2[nH]nc(/C=C/c3ccccn3)c2CC1. The first kappa shape index (κ1) is 18.9. The summed E-state index contributed by atoms with van der Waals surface area (Å²) in [6.45, 7) is 0. The molecule has 5 rings (SSSR count). The molecule has 2 heterocycles. The molecule has 150 valence electrons. The molecule has 1 aromatic carbocycles. The lowest BCUT2D eigenvalue weighted by atomic mass is 10.0. The summed E-state index contributed by atoms with van der Waals surface area (Å²) in [6.07, 6.45) is 12.0. The van der Waals surface area contributed by atoms with Gasteiger partial charge in [-0.2, -0.15) is 5.10 Å². The normalized spacial score (nSPS) is 15.7. The van der Waals surface area contributed by atoms with Crippen LogP contribution < -0.4 is 5.32 Å². The van der Waals surface area contributed by atoms with E-state index in [-0.39, 0.29) is 5.91 Å². The Balaban J connectivity index is 1.34. The van der Waals surface area contributed by atoms with Crippen molar-refractivity contribution in [3.63, 3.8) is 0 Å². The molecule has 0 bridgehead atoms. The van der Waals surface area contributed by atoms with Crippen molar-refractivity contribution in [3.8, 4) is 0 Å². The Morgan fingerprint density at radius 2 is 1.97 bits per heavy atom. The maximum atomic E-state index is 12.6. The molecule has 6 heteroatoms. The van der Waals surface area contributed by atoms with Crippen molar-refractivity contribution in [2.24, 2.45) is 0 Å². The zero-order valence-corrected chi connectivity index (χ0v) is 17.3. The van der Waals surface area contributed by atoms with Gasteiger partial charge < -0.3 is 5.32 Å². The van der Waals surface area contributed by atoms with Crippen molar-refractivity contribution in [2.75, 3.05) is 0 Å². The summed E-state index contributed by atoms with van der Waals surface area (Å²) in [6, 6.07) is 14.1. The van der Waals surface area contributed by atoms with Gasteiger partial charge in [-0.15, -0.1) is 0 Å². The third kappa shape index (κ3) is 4.24. The molecule has 30 heavy (non-hydrogen) atoms. The van der Waals surface area contributed by atoms with Crippen LogP contribution in [-0.2, 0) is 6.42 Å². The van der Waals surface area contributed by atoms with E-state index in [1.165, 1.54) is 10.5 Å². The van der Waals surface area contributed by atoms with Crippen LogP contribution in [0, 0.1) is 0 Å². The van der Waals surface area contributed by atoms with Gasteiger partial charge in [-0.25, -0.2) is 0 Å². The van der Waals surface area contributed by atoms with E-state index in [0.29, 0.717) is 6.04 Å². The minimum Gasteiger partial charge on any atom is -0.349 e. The molecule has 2 N–H and O–H groups in total. The summed E-state index contributed by atoms with van der Waals surface area (Å²) in [5.41, 5.74) is 4.90. The van der Waals surface area contributed by atoms with E-state index in [2.05, 4.69) is 26.6 Å². The highest BCUT2D eigenvalue weighted by atomic mass is 32.2. The number of aromatic nitrogens is 3. The smallest absolute Gasteiger partial charge is 0.252 e. The van der Waals surface area contributed by atoms with Crippen LogP contribution in [0.15, 0.2) is 58.5 Å². The number of benzene rings is 1. The molecular weight excluding hydrogens is 392 g/mol. The maximum absolute atomic E-state index is 12.6. The predicted octanol–water partition coefficient (Wildman–Crippen LogP) is 4.95. The van der Waals surface area contributed by atoms with E-state index in [4.69, 9.17) is 0 Å². The topological polar surface area (TPSA) is 70.7 Å². The van der Waals surface area contributed by atoms with Gasteiger partial charge >= 0.3 is 0 Å². The van der Waals surface area contributed by atoms with Crippen molar-refractivity contribution in [1.29, 1.82) is 0 Å². The summed E-state index contributed by atoms with van der Waals surface area (Å²) in [4.78, 5) is 19.1. The number of hydrogen-bond donors (Lipinski definition) is 2. The average molecular weight is 415 g/mol. The molecule has 0 atom stereocenters. The van der Waals surface area contributed by atoms with Crippen LogP contribution in [0.5, 0.6) is 0 Å². The minimum absolute atomic E-state index is 0.0289. The number of rotatable bonds is 6. The highest BCUT2D eigenvalue weighted by Gasteiger charge is 2.25. The Labute approximate surface area is 179 Å². The van der Waals surface area contributed by atoms with E-state index in [9.17, 15) is 4.79 Å². The summed E-state index contributed by atoms with van der Waals surface area (Å²) in [5, 5.41) is 10.7. The molecule has 0 spiro atoms. The second kappa shape index (κ2) is 8.32. The number of thioether (sulfide) groups is 1. The molecule has 2 aromatic heterocycles. The highest BCUT2D eigenvalue weighted by Crippen LogP contribution is 2.37. The van der Waals surface area contributed by atoms with Crippen LogP contribution in [0.25, 0.3) is 18.2 Å². The van der Waals surface area contributed by atoms with Crippen molar-refractivity contribution >= 4 is 35.9 Å². The third-order valence-corrected chi connectivity index (χ3v) is 6.40. The molecule has 2 aliphatic rings. The van der Waals surface area contributed by atoms with Gasteiger partial charge in [0.1, 0.15) is 0 Å². The van der Waals surface area contributed by atoms with E-state index >= 15 is 0 Å². The molecule has 0 unspecified atom stereocenters. The Kier molecular flexibility index (Phi) is 5.24. The van der Waals surface area contributed by atoms with E-state index in [1.54, 1.807) is 18.0 Å². The fraction of sp³-hybridized carbons (Fsp3) is 0.208. The number of nitrogens with one attached hydrogen (secondary N) is 2.